The molecule has 0 spiro atoms. The molecular formula is C19H25N5O. The molecule has 1 amide bonds. The fraction of sp³-hybridized carbons (Fsp3) is 0.526. The van der Waals surface area contributed by atoms with E-state index in [0.29, 0.717) is 0 Å². The van der Waals surface area contributed by atoms with Crippen molar-refractivity contribution in [2.45, 2.75) is 58.2 Å². The van der Waals surface area contributed by atoms with Crippen LogP contribution in [0.1, 0.15) is 37.5 Å². The number of carbonyl (C=O) groups is 1. The van der Waals surface area contributed by atoms with Crippen LogP contribution in [0, 0.1) is 0 Å². The van der Waals surface area contributed by atoms with Gasteiger partial charge in [0.05, 0.1) is 6.04 Å². The standard InChI is InChI=1S/C19H25N5O/c1-3-17-21-22-18-9-8-15(12-24(17)18)20-13(2)19(25)23-11-10-14-6-4-5-7-16(14)23/h4-7,13,15,20H,3,8-12H2,1-2H3/t13-,15-/m0/s1. The average Bonchev–Trinajstić information content (AvgIpc) is 3.24. The summed E-state index contributed by atoms with van der Waals surface area (Å²) in [6.07, 6.45) is 3.74. The Morgan fingerprint density at radius 2 is 2.16 bits per heavy atom. The van der Waals surface area contributed by atoms with Crippen LogP contribution in [-0.2, 0) is 30.6 Å². The van der Waals surface area contributed by atoms with Gasteiger partial charge in [0.1, 0.15) is 11.6 Å². The Morgan fingerprint density at radius 1 is 1.32 bits per heavy atom. The zero-order chi connectivity index (χ0) is 17.4. The zero-order valence-electron chi connectivity index (χ0n) is 14.9. The first-order valence-electron chi connectivity index (χ1n) is 9.23. The monoisotopic (exact) mass is 339 g/mol. The molecular weight excluding hydrogens is 314 g/mol. The molecule has 3 heterocycles. The topological polar surface area (TPSA) is 63.1 Å². The van der Waals surface area contributed by atoms with Crippen LogP contribution in [0.2, 0.25) is 0 Å². The molecule has 1 aromatic carbocycles. The summed E-state index contributed by atoms with van der Waals surface area (Å²) in [5, 5.41) is 12.1. The average molecular weight is 339 g/mol. The molecule has 2 aliphatic heterocycles. The maximum atomic E-state index is 12.9. The van der Waals surface area contributed by atoms with Gasteiger partial charge in [-0.2, -0.15) is 0 Å². The second kappa shape index (κ2) is 6.59. The van der Waals surface area contributed by atoms with E-state index in [4.69, 9.17) is 0 Å². The lowest BCUT2D eigenvalue weighted by atomic mass is 10.1. The molecule has 1 N–H and O–H groups in total. The van der Waals surface area contributed by atoms with Crippen molar-refractivity contribution in [3.8, 4) is 0 Å². The summed E-state index contributed by atoms with van der Waals surface area (Å²) in [5.41, 5.74) is 2.33. The normalized spacial score (nSPS) is 20.2. The van der Waals surface area contributed by atoms with E-state index in [-0.39, 0.29) is 18.0 Å². The summed E-state index contributed by atoms with van der Waals surface area (Å²) < 4.78 is 2.21. The molecule has 0 fully saturated rings. The van der Waals surface area contributed by atoms with Gasteiger partial charge in [-0.3, -0.25) is 4.79 Å². The van der Waals surface area contributed by atoms with Crippen LogP contribution in [0.5, 0.6) is 0 Å². The lowest BCUT2D eigenvalue weighted by Gasteiger charge is -2.29. The molecule has 0 radical (unpaired) electrons. The lowest BCUT2D eigenvalue weighted by molar-refractivity contribution is -0.120. The SMILES string of the molecule is CCc1nnc2n1C[C@@H](N[C@@H](C)C(=O)N1CCc3ccccc31)CC2. The van der Waals surface area contributed by atoms with E-state index in [1.807, 2.05) is 30.0 Å². The fourth-order valence-electron chi connectivity index (χ4n) is 4.01. The number of benzene rings is 1. The molecule has 6 nitrogen and oxygen atoms in total. The van der Waals surface area contributed by atoms with Gasteiger partial charge in [-0.1, -0.05) is 25.1 Å². The van der Waals surface area contributed by atoms with Crippen LogP contribution < -0.4 is 10.2 Å². The number of para-hydroxylation sites is 1. The van der Waals surface area contributed by atoms with Crippen molar-refractivity contribution < 1.29 is 4.79 Å². The Bertz CT molecular complexity index is 770. The number of anilines is 1. The van der Waals surface area contributed by atoms with Gasteiger partial charge in [-0.15, -0.1) is 10.2 Å². The van der Waals surface area contributed by atoms with Crippen LogP contribution in [0.25, 0.3) is 0 Å². The van der Waals surface area contributed by atoms with Gasteiger partial charge in [0.25, 0.3) is 0 Å². The number of carbonyl (C=O) groups excluding carboxylic acids is 1. The molecule has 0 unspecified atom stereocenters. The molecule has 0 aliphatic carbocycles. The number of aryl methyl sites for hydroxylation is 2. The Kier molecular flexibility index (Phi) is 4.29. The molecule has 132 valence electrons. The Balaban J connectivity index is 1.43. The van der Waals surface area contributed by atoms with Crippen molar-refractivity contribution in [3.05, 3.63) is 41.5 Å². The van der Waals surface area contributed by atoms with Crippen molar-refractivity contribution >= 4 is 11.6 Å². The number of hydrogen-bond acceptors (Lipinski definition) is 4. The molecule has 2 aliphatic rings. The summed E-state index contributed by atoms with van der Waals surface area (Å²) in [6.45, 7) is 5.71. The van der Waals surface area contributed by atoms with Gasteiger partial charge in [-0.05, 0) is 31.4 Å². The van der Waals surface area contributed by atoms with E-state index in [0.717, 1.165) is 56.1 Å². The largest absolute Gasteiger partial charge is 0.313 e. The van der Waals surface area contributed by atoms with E-state index in [2.05, 4.69) is 33.1 Å². The number of amides is 1. The number of rotatable bonds is 4. The van der Waals surface area contributed by atoms with Gasteiger partial charge in [0.2, 0.25) is 5.91 Å². The number of nitrogens with zero attached hydrogens (tertiary/aromatic N) is 4. The second-order valence-corrected chi connectivity index (χ2v) is 6.99. The van der Waals surface area contributed by atoms with E-state index >= 15 is 0 Å². The van der Waals surface area contributed by atoms with Gasteiger partial charge in [0.15, 0.2) is 0 Å². The fourth-order valence-corrected chi connectivity index (χ4v) is 4.01. The highest BCUT2D eigenvalue weighted by Crippen LogP contribution is 2.28. The molecule has 25 heavy (non-hydrogen) atoms. The molecule has 0 saturated carbocycles. The molecule has 2 atom stereocenters. The molecule has 6 heteroatoms. The van der Waals surface area contributed by atoms with Crippen LogP contribution >= 0.6 is 0 Å². The molecule has 4 rings (SSSR count). The summed E-state index contributed by atoms with van der Waals surface area (Å²) in [4.78, 5) is 14.9. The van der Waals surface area contributed by atoms with Gasteiger partial charge in [-0.25, -0.2) is 0 Å². The third kappa shape index (κ3) is 2.95. The molecule has 1 aromatic heterocycles. The van der Waals surface area contributed by atoms with E-state index in [9.17, 15) is 4.79 Å². The minimum atomic E-state index is -0.195. The summed E-state index contributed by atoms with van der Waals surface area (Å²) in [7, 11) is 0. The first kappa shape index (κ1) is 16.3. The number of aromatic nitrogens is 3. The maximum absolute atomic E-state index is 12.9. The Labute approximate surface area is 148 Å². The van der Waals surface area contributed by atoms with Crippen LogP contribution in [0.3, 0.4) is 0 Å². The predicted octanol–water partition coefficient (Wildman–Crippen LogP) is 1.72. The summed E-state index contributed by atoms with van der Waals surface area (Å²) in [6, 6.07) is 8.29. The zero-order valence-corrected chi connectivity index (χ0v) is 14.9. The van der Waals surface area contributed by atoms with Crippen molar-refractivity contribution in [1.82, 2.24) is 20.1 Å². The first-order chi connectivity index (χ1) is 12.2. The van der Waals surface area contributed by atoms with Crippen LogP contribution in [-0.4, -0.2) is 39.3 Å². The second-order valence-electron chi connectivity index (χ2n) is 6.99. The van der Waals surface area contributed by atoms with Crippen molar-refractivity contribution in [1.29, 1.82) is 0 Å². The lowest BCUT2D eigenvalue weighted by Crippen LogP contribution is -2.50. The highest BCUT2D eigenvalue weighted by atomic mass is 16.2. The minimum absolute atomic E-state index is 0.162. The van der Waals surface area contributed by atoms with Crippen molar-refractivity contribution in [2.75, 3.05) is 11.4 Å². The predicted molar refractivity (Wildman–Crippen MR) is 96.6 cm³/mol. The highest BCUT2D eigenvalue weighted by molar-refractivity contribution is 5.98. The van der Waals surface area contributed by atoms with Crippen LogP contribution in [0.15, 0.2) is 24.3 Å². The van der Waals surface area contributed by atoms with E-state index in [1.54, 1.807) is 0 Å². The van der Waals surface area contributed by atoms with Gasteiger partial charge < -0.3 is 14.8 Å². The van der Waals surface area contributed by atoms with E-state index < -0.39 is 0 Å². The first-order valence-corrected chi connectivity index (χ1v) is 9.23. The van der Waals surface area contributed by atoms with Crippen molar-refractivity contribution in [2.24, 2.45) is 0 Å². The van der Waals surface area contributed by atoms with Gasteiger partial charge >= 0.3 is 0 Å². The minimum Gasteiger partial charge on any atom is -0.313 e. The Hall–Kier alpha value is -2.21. The van der Waals surface area contributed by atoms with Gasteiger partial charge in [0, 0.05) is 37.7 Å². The third-order valence-electron chi connectivity index (χ3n) is 5.35. The molecule has 0 bridgehead atoms. The Morgan fingerprint density at radius 3 is 3.00 bits per heavy atom. The van der Waals surface area contributed by atoms with E-state index in [1.165, 1.54) is 5.56 Å². The molecule has 2 aromatic rings. The highest BCUT2D eigenvalue weighted by Gasteiger charge is 2.30. The summed E-state index contributed by atoms with van der Waals surface area (Å²) in [5.74, 6) is 2.27. The summed E-state index contributed by atoms with van der Waals surface area (Å²) >= 11 is 0. The number of nitrogens with one attached hydrogen (secondary N) is 1. The smallest absolute Gasteiger partial charge is 0.243 e. The van der Waals surface area contributed by atoms with Crippen LogP contribution in [0.4, 0.5) is 5.69 Å². The third-order valence-corrected chi connectivity index (χ3v) is 5.35. The molecule has 0 saturated heterocycles. The van der Waals surface area contributed by atoms with Crippen molar-refractivity contribution in [3.63, 3.8) is 0 Å². The quantitative estimate of drug-likeness (QED) is 0.921. The maximum Gasteiger partial charge on any atom is 0.243 e. The number of hydrogen-bond donors (Lipinski definition) is 1. The number of fused-ring (bicyclic) bond motifs is 2.